The zero-order valence-electron chi connectivity index (χ0n) is 15.3. The van der Waals surface area contributed by atoms with Crippen molar-refractivity contribution in [3.63, 3.8) is 0 Å². The van der Waals surface area contributed by atoms with Crippen molar-refractivity contribution in [3.8, 4) is 0 Å². The Balaban J connectivity index is 2.25. The molecule has 0 bridgehead atoms. The standard InChI is InChI=1S/C18H18BrN5O5/c1-3-9-22-16(27)23(10-4-2)18(29)24(17(22)28)11-14(25)21-15(26)20-13-7-5-12(19)6-8-13/h3-8H,1-2,9-11H2,(H2,20,21,25,26). The van der Waals surface area contributed by atoms with Crippen molar-refractivity contribution in [1.82, 2.24) is 19.0 Å². The quantitative estimate of drug-likeness (QED) is 0.583. The molecule has 0 aliphatic heterocycles. The van der Waals surface area contributed by atoms with Crippen molar-refractivity contribution in [2.45, 2.75) is 19.6 Å². The first-order valence-electron chi connectivity index (χ1n) is 8.31. The van der Waals surface area contributed by atoms with E-state index in [9.17, 15) is 24.0 Å². The molecule has 29 heavy (non-hydrogen) atoms. The molecule has 1 heterocycles. The maximum atomic E-state index is 12.5. The Bertz CT molecular complexity index is 1080. The Labute approximate surface area is 172 Å². The van der Waals surface area contributed by atoms with Crippen LogP contribution in [0.3, 0.4) is 0 Å². The van der Waals surface area contributed by atoms with Crippen LogP contribution < -0.4 is 27.7 Å². The number of nitrogens with zero attached hydrogens (tertiary/aromatic N) is 3. The van der Waals surface area contributed by atoms with Crippen LogP contribution in [0.25, 0.3) is 0 Å². The number of aromatic nitrogens is 3. The molecule has 2 N–H and O–H groups in total. The minimum absolute atomic E-state index is 0.152. The van der Waals surface area contributed by atoms with Crippen LogP contribution in [0.1, 0.15) is 0 Å². The molecule has 0 saturated carbocycles. The van der Waals surface area contributed by atoms with Gasteiger partial charge in [0.25, 0.3) is 0 Å². The minimum atomic E-state index is -0.983. The topological polar surface area (TPSA) is 124 Å². The highest BCUT2D eigenvalue weighted by Crippen LogP contribution is 2.13. The largest absolute Gasteiger partial charge is 0.337 e. The summed E-state index contributed by atoms with van der Waals surface area (Å²) in [4.78, 5) is 61.3. The molecule has 0 aliphatic carbocycles. The average molecular weight is 464 g/mol. The molecule has 152 valence electrons. The van der Waals surface area contributed by atoms with E-state index < -0.39 is 35.6 Å². The zero-order chi connectivity index (χ0) is 21.6. The summed E-state index contributed by atoms with van der Waals surface area (Å²) < 4.78 is 2.89. The summed E-state index contributed by atoms with van der Waals surface area (Å²) in [6, 6.07) is 5.77. The van der Waals surface area contributed by atoms with E-state index in [2.05, 4.69) is 34.4 Å². The lowest BCUT2D eigenvalue weighted by Crippen LogP contribution is -2.55. The van der Waals surface area contributed by atoms with Gasteiger partial charge in [-0.1, -0.05) is 28.1 Å². The third kappa shape index (κ3) is 5.29. The third-order valence-corrected chi connectivity index (χ3v) is 4.19. The number of amides is 3. The summed E-state index contributed by atoms with van der Waals surface area (Å²) >= 11 is 3.26. The normalized spacial score (nSPS) is 10.2. The summed E-state index contributed by atoms with van der Waals surface area (Å²) in [6.45, 7) is 5.87. The van der Waals surface area contributed by atoms with Crippen LogP contribution in [0, 0.1) is 0 Å². The Morgan fingerprint density at radius 3 is 1.86 bits per heavy atom. The maximum Gasteiger partial charge on any atom is 0.337 e. The van der Waals surface area contributed by atoms with Gasteiger partial charge in [0.2, 0.25) is 5.91 Å². The Hall–Kier alpha value is -3.47. The average Bonchev–Trinajstić information content (AvgIpc) is 2.67. The minimum Gasteiger partial charge on any atom is -0.308 e. The summed E-state index contributed by atoms with van der Waals surface area (Å²) in [6.07, 6.45) is 2.61. The van der Waals surface area contributed by atoms with Gasteiger partial charge in [-0.05, 0) is 24.3 Å². The molecule has 1 aromatic carbocycles. The van der Waals surface area contributed by atoms with E-state index >= 15 is 0 Å². The number of benzene rings is 1. The fourth-order valence-electron chi connectivity index (χ4n) is 2.39. The van der Waals surface area contributed by atoms with Gasteiger partial charge in [0.1, 0.15) is 6.54 Å². The molecule has 2 aromatic rings. The van der Waals surface area contributed by atoms with Crippen LogP contribution in [0.15, 0.2) is 68.4 Å². The molecule has 1 aromatic heterocycles. The Morgan fingerprint density at radius 1 is 0.897 bits per heavy atom. The number of imide groups is 1. The van der Waals surface area contributed by atoms with Gasteiger partial charge in [0.15, 0.2) is 0 Å². The van der Waals surface area contributed by atoms with Crippen LogP contribution in [0.4, 0.5) is 10.5 Å². The van der Waals surface area contributed by atoms with Crippen molar-refractivity contribution in [1.29, 1.82) is 0 Å². The number of rotatable bonds is 7. The first kappa shape index (κ1) is 21.8. The lowest BCUT2D eigenvalue weighted by molar-refractivity contribution is -0.120. The van der Waals surface area contributed by atoms with Crippen LogP contribution >= 0.6 is 15.9 Å². The molecule has 10 nitrogen and oxygen atoms in total. The predicted octanol–water partition coefficient (Wildman–Crippen LogP) is 0.654. The van der Waals surface area contributed by atoms with Gasteiger partial charge in [-0.2, -0.15) is 0 Å². The van der Waals surface area contributed by atoms with Crippen LogP contribution in [-0.4, -0.2) is 25.6 Å². The second kappa shape index (κ2) is 9.64. The second-order valence-electron chi connectivity index (χ2n) is 5.74. The maximum absolute atomic E-state index is 12.5. The van der Waals surface area contributed by atoms with Gasteiger partial charge in [0.05, 0.1) is 13.1 Å². The highest BCUT2D eigenvalue weighted by atomic mass is 79.9. The summed E-state index contributed by atoms with van der Waals surface area (Å²) in [5.74, 6) is -0.909. The summed E-state index contributed by atoms with van der Waals surface area (Å²) in [5, 5.41) is 4.47. The summed E-state index contributed by atoms with van der Waals surface area (Å²) in [5.41, 5.74) is -2.37. The monoisotopic (exact) mass is 463 g/mol. The number of nitrogens with one attached hydrogen (secondary N) is 2. The predicted molar refractivity (Wildman–Crippen MR) is 111 cm³/mol. The Morgan fingerprint density at radius 2 is 1.38 bits per heavy atom. The number of hydrogen-bond acceptors (Lipinski definition) is 5. The van der Waals surface area contributed by atoms with Gasteiger partial charge in [-0.3, -0.25) is 10.1 Å². The van der Waals surface area contributed by atoms with E-state index in [1.807, 2.05) is 5.32 Å². The highest BCUT2D eigenvalue weighted by molar-refractivity contribution is 9.10. The number of carbonyl (C=O) groups excluding carboxylic acids is 2. The SMILES string of the molecule is C=CCn1c(=O)n(CC=C)c(=O)n(CC(=O)NC(=O)Nc2ccc(Br)cc2)c1=O. The fraction of sp³-hybridized carbons (Fsp3) is 0.167. The second-order valence-corrected chi connectivity index (χ2v) is 6.66. The molecule has 0 fully saturated rings. The molecule has 11 heteroatoms. The van der Waals surface area contributed by atoms with Crippen LogP contribution in [0.5, 0.6) is 0 Å². The first-order chi connectivity index (χ1) is 13.8. The van der Waals surface area contributed by atoms with Crippen molar-refractivity contribution >= 4 is 33.6 Å². The number of allylic oxidation sites excluding steroid dienone is 2. The van der Waals surface area contributed by atoms with E-state index in [0.717, 1.165) is 13.6 Å². The van der Waals surface area contributed by atoms with Crippen LogP contribution in [0.2, 0.25) is 0 Å². The van der Waals surface area contributed by atoms with E-state index in [-0.39, 0.29) is 13.1 Å². The number of halogens is 1. The van der Waals surface area contributed by atoms with Crippen molar-refractivity contribution in [3.05, 3.63) is 85.5 Å². The lowest BCUT2D eigenvalue weighted by atomic mass is 10.3. The molecular weight excluding hydrogens is 446 g/mol. The molecule has 0 atom stereocenters. The van der Waals surface area contributed by atoms with Crippen molar-refractivity contribution in [2.75, 3.05) is 5.32 Å². The number of anilines is 1. The zero-order valence-corrected chi connectivity index (χ0v) is 16.8. The van der Waals surface area contributed by atoms with Crippen LogP contribution in [-0.2, 0) is 24.4 Å². The third-order valence-electron chi connectivity index (χ3n) is 3.67. The molecule has 0 saturated heterocycles. The van der Waals surface area contributed by atoms with E-state index in [0.29, 0.717) is 10.3 Å². The van der Waals surface area contributed by atoms with Gasteiger partial charge in [-0.25, -0.2) is 32.9 Å². The van der Waals surface area contributed by atoms with Gasteiger partial charge in [-0.15, -0.1) is 13.2 Å². The van der Waals surface area contributed by atoms with Gasteiger partial charge in [0, 0.05) is 10.2 Å². The molecule has 0 unspecified atom stereocenters. The fourth-order valence-corrected chi connectivity index (χ4v) is 2.66. The molecule has 0 aliphatic rings. The molecule has 0 spiro atoms. The van der Waals surface area contributed by atoms with Crippen molar-refractivity contribution < 1.29 is 9.59 Å². The first-order valence-corrected chi connectivity index (χ1v) is 9.10. The smallest absolute Gasteiger partial charge is 0.308 e. The lowest BCUT2D eigenvalue weighted by Gasteiger charge is -2.12. The highest BCUT2D eigenvalue weighted by Gasteiger charge is 2.17. The molecule has 2 rings (SSSR count). The van der Waals surface area contributed by atoms with E-state index in [1.54, 1.807) is 24.3 Å². The number of urea groups is 1. The molecular formula is C18H18BrN5O5. The van der Waals surface area contributed by atoms with E-state index in [1.165, 1.54) is 12.2 Å². The molecule has 0 radical (unpaired) electrons. The summed E-state index contributed by atoms with van der Waals surface area (Å²) in [7, 11) is 0. The molecule has 3 amide bonds. The van der Waals surface area contributed by atoms with Gasteiger partial charge >= 0.3 is 23.1 Å². The number of hydrogen-bond donors (Lipinski definition) is 2. The van der Waals surface area contributed by atoms with Crippen molar-refractivity contribution in [2.24, 2.45) is 0 Å². The van der Waals surface area contributed by atoms with E-state index in [4.69, 9.17) is 0 Å². The van der Waals surface area contributed by atoms with Gasteiger partial charge < -0.3 is 5.32 Å². The Kier molecular flexibility index (Phi) is 7.26. The number of carbonyl (C=O) groups is 2.